The van der Waals surface area contributed by atoms with Crippen molar-refractivity contribution in [1.29, 1.82) is 0 Å². The Morgan fingerprint density at radius 2 is 2.12 bits per heavy atom. The third-order valence-corrected chi connectivity index (χ3v) is 4.98. The van der Waals surface area contributed by atoms with E-state index in [-0.39, 0.29) is 6.10 Å². The van der Waals surface area contributed by atoms with Gasteiger partial charge in [0.05, 0.1) is 26.9 Å². The van der Waals surface area contributed by atoms with E-state index in [4.69, 9.17) is 26.4 Å². The number of aliphatic hydroxyl groups is 1. The molecule has 3 rings (SSSR count). The molecule has 6 nitrogen and oxygen atoms in total. The summed E-state index contributed by atoms with van der Waals surface area (Å²) in [6.45, 7) is 2.53. The summed E-state index contributed by atoms with van der Waals surface area (Å²) >= 11 is 5.51. The lowest BCUT2D eigenvalue weighted by atomic mass is 9.95. The molecule has 0 amide bonds. The highest BCUT2D eigenvalue weighted by molar-refractivity contribution is 7.80. The molecule has 2 aliphatic heterocycles. The zero-order chi connectivity index (χ0) is 17.1. The van der Waals surface area contributed by atoms with Crippen molar-refractivity contribution in [2.24, 2.45) is 0 Å². The van der Waals surface area contributed by atoms with E-state index >= 15 is 0 Å². The number of hydrogen-bond donors (Lipinski definition) is 2. The van der Waals surface area contributed by atoms with Gasteiger partial charge in [0, 0.05) is 30.8 Å². The molecule has 1 saturated heterocycles. The highest BCUT2D eigenvalue weighted by Crippen LogP contribution is 2.39. The van der Waals surface area contributed by atoms with Crippen molar-refractivity contribution in [2.75, 3.05) is 33.9 Å². The molecule has 1 fully saturated rings. The van der Waals surface area contributed by atoms with Crippen molar-refractivity contribution in [3.63, 3.8) is 0 Å². The van der Waals surface area contributed by atoms with Gasteiger partial charge in [-0.05, 0) is 37.2 Å². The Kier molecular flexibility index (Phi) is 5.43. The number of hydrogen-bond acceptors (Lipinski definition) is 5. The molecule has 0 aromatic heterocycles. The number of benzene rings is 1. The van der Waals surface area contributed by atoms with Gasteiger partial charge in [0.15, 0.2) is 5.11 Å². The molecule has 1 aromatic carbocycles. The van der Waals surface area contributed by atoms with Crippen molar-refractivity contribution in [3.8, 4) is 11.5 Å². The zero-order valence-corrected chi connectivity index (χ0v) is 14.9. The quantitative estimate of drug-likeness (QED) is 0.798. The van der Waals surface area contributed by atoms with E-state index in [1.807, 2.05) is 17.0 Å². The van der Waals surface area contributed by atoms with Gasteiger partial charge >= 0.3 is 0 Å². The number of methoxy groups -OCH3 is 2. The van der Waals surface area contributed by atoms with Gasteiger partial charge in [-0.1, -0.05) is 0 Å². The van der Waals surface area contributed by atoms with Gasteiger partial charge in [0.1, 0.15) is 17.6 Å². The van der Waals surface area contributed by atoms with Crippen LogP contribution in [0.5, 0.6) is 11.5 Å². The van der Waals surface area contributed by atoms with Gasteiger partial charge < -0.3 is 29.5 Å². The molecule has 2 atom stereocenters. The van der Waals surface area contributed by atoms with Crippen LogP contribution in [0.3, 0.4) is 0 Å². The maximum absolute atomic E-state index is 10.6. The Bertz CT molecular complexity index is 604. The lowest BCUT2D eigenvalue weighted by Crippen LogP contribution is -2.46. The fourth-order valence-electron chi connectivity index (χ4n) is 3.35. The molecule has 0 spiro atoms. The van der Waals surface area contributed by atoms with Crippen LogP contribution in [0.1, 0.15) is 30.1 Å². The van der Waals surface area contributed by atoms with Crippen molar-refractivity contribution < 1.29 is 19.3 Å². The monoisotopic (exact) mass is 352 g/mol. The van der Waals surface area contributed by atoms with Crippen LogP contribution >= 0.6 is 12.2 Å². The molecule has 2 heterocycles. The van der Waals surface area contributed by atoms with Crippen LogP contribution in [0.2, 0.25) is 0 Å². The average molecular weight is 352 g/mol. The van der Waals surface area contributed by atoms with Crippen LogP contribution in [0.15, 0.2) is 12.1 Å². The molecule has 7 heteroatoms. The summed E-state index contributed by atoms with van der Waals surface area (Å²) < 4.78 is 16.5. The van der Waals surface area contributed by atoms with Crippen molar-refractivity contribution >= 4 is 17.3 Å². The average Bonchev–Trinajstić information content (AvgIpc) is 3.12. The van der Waals surface area contributed by atoms with Gasteiger partial charge in [-0.25, -0.2) is 0 Å². The second-order valence-corrected chi connectivity index (χ2v) is 6.47. The SMILES string of the molecule is COc1ccc(OC)c2c1CN(C(=S)NC[C@@H]1CCCO1)C[C@H]2O. The van der Waals surface area contributed by atoms with Gasteiger partial charge in [-0.3, -0.25) is 0 Å². The van der Waals surface area contributed by atoms with Gasteiger partial charge in [0.2, 0.25) is 0 Å². The molecular formula is C17H24N2O4S. The fraction of sp³-hybridized carbons (Fsp3) is 0.588. The maximum Gasteiger partial charge on any atom is 0.169 e. The second kappa shape index (κ2) is 7.55. The van der Waals surface area contributed by atoms with Gasteiger partial charge in [0.25, 0.3) is 0 Å². The normalized spacial score (nSPS) is 22.9. The zero-order valence-electron chi connectivity index (χ0n) is 14.1. The standard InChI is InChI=1S/C17H24N2O4S/c1-21-14-5-6-15(22-2)16-12(14)9-19(10-13(16)20)17(24)18-8-11-4-3-7-23-11/h5-6,11,13,20H,3-4,7-10H2,1-2H3,(H,18,24)/t11-,13+/m0/s1. The number of β-amino-alcohol motifs (C(OH)–C–C–N with tert-alkyl or cyclic N) is 1. The smallest absolute Gasteiger partial charge is 0.169 e. The molecule has 0 aliphatic carbocycles. The molecule has 1 aromatic rings. The van der Waals surface area contributed by atoms with E-state index < -0.39 is 6.10 Å². The van der Waals surface area contributed by atoms with Crippen LogP contribution in [-0.4, -0.2) is 55.1 Å². The minimum atomic E-state index is -0.679. The predicted molar refractivity (Wildman–Crippen MR) is 94.5 cm³/mol. The van der Waals surface area contributed by atoms with Crippen molar-refractivity contribution in [2.45, 2.75) is 31.6 Å². The van der Waals surface area contributed by atoms with Crippen LogP contribution in [0.4, 0.5) is 0 Å². The summed E-state index contributed by atoms with van der Waals surface area (Å²) in [5, 5.41) is 14.5. The van der Waals surface area contributed by atoms with E-state index in [1.165, 1.54) is 0 Å². The highest BCUT2D eigenvalue weighted by Gasteiger charge is 2.31. The van der Waals surface area contributed by atoms with E-state index in [9.17, 15) is 5.11 Å². The van der Waals surface area contributed by atoms with Crippen LogP contribution in [0, 0.1) is 0 Å². The summed E-state index contributed by atoms with van der Waals surface area (Å²) in [5.41, 5.74) is 1.70. The number of aliphatic hydroxyl groups excluding tert-OH is 1. The fourth-order valence-corrected chi connectivity index (χ4v) is 3.57. The Labute approximate surface area is 147 Å². The maximum atomic E-state index is 10.6. The first kappa shape index (κ1) is 17.3. The first-order valence-electron chi connectivity index (χ1n) is 8.20. The molecule has 0 unspecified atom stereocenters. The van der Waals surface area contributed by atoms with E-state index in [1.54, 1.807) is 14.2 Å². The molecule has 2 aliphatic rings. The van der Waals surface area contributed by atoms with Crippen LogP contribution in [0.25, 0.3) is 0 Å². The Balaban J connectivity index is 1.74. The van der Waals surface area contributed by atoms with E-state index in [2.05, 4.69) is 5.32 Å². The topological polar surface area (TPSA) is 63.2 Å². The molecule has 24 heavy (non-hydrogen) atoms. The first-order chi connectivity index (χ1) is 11.6. The predicted octanol–water partition coefficient (Wildman–Crippen LogP) is 1.61. The Morgan fingerprint density at radius 1 is 1.38 bits per heavy atom. The van der Waals surface area contributed by atoms with E-state index in [0.29, 0.717) is 30.5 Å². The summed E-state index contributed by atoms with van der Waals surface area (Å²) in [6.07, 6.45) is 1.71. The largest absolute Gasteiger partial charge is 0.496 e. The van der Waals surface area contributed by atoms with Crippen molar-refractivity contribution in [3.05, 3.63) is 23.3 Å². The molecule has 0 bridgehead atoms. The minimum Gasteiger partial charge on any atom is -0.496 e. The molecule has 2 N–H and O–H groups in total. The highest BCUT2D eigenvalue weighted by atomic mass is 32.1. The van der Waals surface area contributed by atoms with Gasteiger partial charge in [-0.15, -0.1) is 0 Å². The Morgan fingerprint density at radius 3 is 2.79 bits per heavy atom. The number of rotatable bonds is 4. The summed E-state index contributed by atoms with van der Waals surface area (Å²) in [7, 11) is 3.23. The lowest BCUT2D eigenvalue weighted by Gasteiger charge is -2.35. The number of ether oxygens (including phenoxy) is 3. The van der Waals surface area contributed by atoms with Crippen LogP contribution in [-0.2, 0) is 11.3 Å². The lowest BCUT2D eigenvalue weighted by molar-refractivity contribution is 0.109. The minimum absolute atomic E-state index is 0.222. The van der Waals surface area contributed by atoms with E-state index in [0.717, 1.165) is 36.3 Å². The number of nitrogens with zero attached hydrogens (tertiary/aromatic N) is 1. The van der Waals surface area contributed by atoms with Gasteiger partial charge in [-0.2, -0.15) is 0 Å². The van der Waals surface area contributed by atoms with Crippen molar-refractivity contribution in [1.82, 2.24) is 10.2 Å². The first-order valence-corrected chi connectivity index (χ1v) is 8.61. The third-order valence-electron chi connectivity index (χ3n) is 4.58. The third kappa shape index (κ3) is 3.43. The summed E-state index contributed by atoms with van der Waals surface area (Å²) in [6, 6.07) is 3.68. The number of nitrogens with one attached hydrogen (secondary N) is 1. The summed E-state index contributed by atoms with van der Waals surface area (Å²) in [5.74, 6) is 1.41. The molecular weight excluding hydrogens is 328 g/mol. The number of thiocarbonyl (C=S) groups is 1. The molecule has 132 valence electrons. The Hall–Kier alpha value is -1.57. The second-order valence-electron chi connectivity index (χ2n) is 6.08. The van der Waals surface area contributed by atoms with Crippen LogP contribution < -0.4 is 14.8 Å². The summed E-state index contributed by atoms with van der Waals surface area (Å²) in [4.78, 5) is 1.96. The number of fused-ring (bicyclic) bond motifs is 1. The molecule has 0 radical (unpaired) electrons. The molecule has 0 saturated carbocycles.